The van der Waals surface area contributed by atoms with Crippen molar-refractivity contribution < 1.29 is 4.74 Å². The Labute approximate surface area is 74.7 Å². The molecule has 0 aromatic rings. The second-order valence-electron chi connectivity index (χ2n) is 3.44. The maximum atomic E-state index is 5.77. The van der Waals surface area contributed by atoms with Crippen LogP contribution in [0.5, 0.6) is 0 Å². The van der Waals surface area contributed by atoms with E-state index in [9.17, 15) is 0 Å². The fraction of sp³-hybridized carbons (Fsp3) is 1.00. The first-order valence-corrected chi connectivity index (χ1v) is 4.88. The third-order valence-corrected chi connectivity index (χ3v) is 2.48. The van der Waals surface area contributed by atoms with Crippen molar-refractivity contribution in [3.8, 4) is 0 Å². The average molecular weight is 172 g/mol. The van der Waals surface area contributed by atoms with E-state index in [0.717, 1.165) is 39.1 Å². The second kappa shape index (κ2) is 4.80. The number of piperidine rings is 1. The summed E-state index contributed by atoms with van der Waals surface area (Å²) in [6, 6.07) is 0. The van der Waals surface area contributed by atoms with E-state index in [2.05, 4.69) is 5.32 Å². The third-order valence-electron chi connectivity index (χ3n) is 2.48. The highest BCUT2D eigenvalue weighted by Crippen LogP contribution is 2.23. The molecule has 3 nitrogen and oxygen atoms in total. The summed E-state index contributed by atoms with van der Waals surface area (Å²) in [5.74, 6) is 0. The minimum atomic E-state index is 0.0434. The number of nitrogens with one attached hydrogen (secondary N) is 1. The van der Waals surface area contributed by atoms with Crippen LogP contribution in [-0.2, 0) is 4.74 Å². The molecule has 3 heteroatoms. The van der Waals surface area contributed by atoms with Gasteiger partial charge >= 0.3 is 0 Å². The summed E-state index contributed by atoms with van der Waals surface area (Å²) in [4.78, 5) is 0. The van der Waals surface area contributed by atoms with Crippen LogP contribution in [0.15, 0.2) is 0 Å². The molecular weight excluding hydrogens is 152 g/mol. The van der Waals surface area contributed by atoms with Crippen LogP contribution in [0.2, 0.25) is 0 Å². The second-order valence-corrected chi connectivity index (χ2v) is 3.44. The van der Waals surface area contributed by atoms with Gasteiger partial charge in [0.15, 0.2) is 0 Å². The van der Waals surface area contributed by atoms with Crippen LogP contribution >= 0.6 is 0 Å². The number of hydrogen-bond donors (Lipinski definition) is 2. The number of nitrogens with two attached hydrogens (primary N) is 1. The number of ether oxygens (including phenoxy) is 1. The van der Waals surface area contributed by atoms with E-state index in [1.165, 1.54) is 6.42 Å². The minimum absolute atomic E-state index is 0.0434. The van der Waals surface area contributed by atoms with Crippen LogP contribution in [0.1, 0.15) is 26.2 Å². The van der Waals surface area contributed by atoms with Gasteiger partial charge in [0.25, 0.3) is 0 Å². The maximum Gasteiger partial charge on any atom is 0.0818 e. The maximum absolute atomic E-state index is 5.77. The van der Waals surface area contributed by atoms with Crippen LogP contribution in [0.3, 0.4) is 0 Å². The van der Waals surface area contributed by atoms with Gasteiger partial charge in [-0.1, -0.05) is 0 Å². The zero-order chi connectivity index (χ0) is 8.86. The van der Waals surface area contributed by atoms with E-state index in [1.54, 1.807) is 0 Å². The normalized spacial score (nSPS) is 30.5. The van der Waals surface area contributed by atoms with Crippen LogP contribution in [0, 0.1) is 0 Å². The summed E-state index contributed by atoms with van der Waals surface area (Å²) in [6.45, 7) is 5.66. The molecular formula is C9H20N2O. The third kappa shape index (κ3) is 2.44. The lowest BCUT2D eigenvalue weighted by molar-refractivity contribution is -0.0585. The molecule has 1 heterocycles. The zero-order valence-corrected chi connectivity index (χ0v) is 7.94. The largest absolute Gasteiger partial charge is 0.374 e. The molecule has 0 spiro atoms. The SMILES string of the molecule is CCOC1(CCN)CCCNC1. The Morgan fingerprint density at radius 1 is 1.58 bits per heavy atom. The minimum Gasteiger partial charge on any atom is -0.374 e. The highest BCUT2D eigenvalue weighted by Gasteiger charge is 2.31. The molecule has 1 rings (SSSR count). The van der Waals surface area contributed by atoms with Gasteiger partial charge in [0.2, 0.25) is 0 Å². The van der Waals surface area contributed by atoms with Crippen LogP contribution in [-0.4, -0.2) is 31.8 Å². The highest BCUT2D eigenvalue weighted by atomic mass is 16.5. The van der Waals surface area contributed by atoms with E-state index >= 15 is 0 Å². The van der Waals surface area contributed by atoms with Gasteiger partial charge in [-0.2, -0.15) is 0 Å². The first-order valence-electron chi connectivity index (χ1n) is 4.88. The van der Waals surface area contributed by atoms with Gasteiger partial charge in [-0.25, -0.2) is 0 Å². The molecule has 1 aliphatic heterocycles. The molecule has 0 aromatic heterocycles. The molecule has 0 aliphatic carbocycles. The first kappa shape index (κ1) is 9.96. The molecule has 0 aromatic carbocycles. The highest BCUT2D eigenvalue weighted by molar-refractivity contribution is 4.87. The topological polar surface area (TPSA) is 47.3 Å². The Bertz CT molecular complexity index is 106. The molecule has 0 radical (unpaired) electrons. The molecule has 1 atom stereocenters. The van der Waals surface area contributed by atoms with E-state index in [-0.39, 0.29) is 5.60 Å². The van der Waals surface area contributed by atoms with Gasteiger partial charge in [-0.05, 0) is 39.3 Å². The van der Waals surface area contributed by atoms with Crippen molar-refractivity contribution in [1.82, 2.24) is 5.32 Å². The lowest BCUT2D eigenvalue weighted by atomic mass is 9.90. The Kier molecular flexibility index (Phi) is 3.98. The molecule has 1 fully saturated rings. The van der Waals surface area contributed by atoms with Crippen molar-refractivity contribution in [1.29, 1.82) is 0 Å². The molecule has 12 heavy (non-hydrogen) atoms. The monoisotopic (exact) mass is 172 g/mol. The van der Waals surface area contributed by atoms with E-state index < -0.39 is 0 Å². The summed E-state index contributed by atoms with van der Waals surface area (Å²) < 4.78 is 5.77. The fourth-order valence-corrected chi connectivity index (χ4v) is 1.92. The molecule has 0 saturated carbocycles. The van der Waals surface area contributed by atoms with Crippen LogP contribution in [0.25, 0.3) is 0 Å². The van der Waals surface area contributed by atoms with Crippen LogP contribution < -0.4 is 11.1 Å². The molecule has 3 N–H and O–H groups in total. The van der Waals surface area contributed by atoms with E-state index in [1.807, 2.05) is 6.92 Å². The molecule has 0 amide bonds. The van der Waals surface area contributed by atoms with Gasteiger partial charge < -0.3 is 15.8 Å². The summed E-state index contributed by atoms with van der Waals surface area (Å²) in [7, 11) is 0. The lowest BCUT2D eigenvalue weighted by Crippen LogP contribution is -2.48. The molecule has 0 bridgehead atoms. The quantitative estimate of drug-likeness (QED) is 0.649. The van der Waals surface area contributed by atoms with Crippen molar-refractivity contribution in [2.24, 2.45) is 5.73 Å². The summed E-state index contributed by atoms with van der Waals surface area (Å²) in [6.07, 6.45) is 3.35. The summed E-state index contributed by atoms with van der Waals surface area (Å²) in [5.41, 5.74) is 5.61. The van der Waals surface area contributed by atoms with Crippen molar-refractivity contribution in [3.63, 3.8) is 0 Å². The summed E-state index contributed by atoms with van der Waals surface area (Å²) in [5, 5.41) is 3.36. The lowest BCUT2D eigenvalue weighted by Gasteiger charge is -2.37. The fourth-order valence-electron chi connectivity index (χ4n) is 1.92. The zero-order valence-electron chi connectivity index (χ0n) is 7.94. The first-order chi connectivity index (χ1) is 5.83. The van der Waals surface area contributed by atoms with Crippen molar-refractivity contribution in [2.45, 2.75) is 31.8 Å². The van der Waals surface area contributed by atoms with E-state index in [4.69, 9.17) is 10.5 Å². The van der Waals surface area contributed by atoms with Crippen molar-refractivity contribution in [3.05, 3.63) is 0 Å². The van der Waals surface area contributed by atoms with Gasteiger partial charge in [-0.3, -0.25) is 0 Å². The van der Waals surface area contributed by atoms with Gasteiger partial charge in [0.1, 0.15) is 0 Å². The standard InChI is InChI=1S/C9H20N2O/c1-2-12-9(5-6-10)4-3-7-11-8-9/h11H,2-8,10H2,1H3. The Morgan fingerprint density at radius 3 is 2.92 bits per heavy atom. The number of hydrogen-bond acceptors (Lipinski definition) is 3. The number of rotatable bonds is 4. The molecule has 1 saturated heterocycles. The molecule has 1 aliphatic rings. The Balaban J connectivity index is 2.44. The predicted molar refractivity (Wildman–Crippen MR) is 50.1 cm³/mol. The predicted octanol–water partition coefficient (Wildman–Crippen LogP) is 0.494. The van der Waals surface area contributed by atoms with Crippen LogP contribution in [0.4, 0.5) is 0 Å². The van der Waals surface area contributed by atoms with Crippen molar-refractivity contribution >= 4 is 0 Å². The Hall–Kier alpha value is -0.120. The molecule has 72 valence electrons. The van der Waals surface area contributed by atoms with Crippen molar-refractivity contribution in [2.75, 3.05) is 26.2 Å². The smallest absolute Gasteiger partial charge is 0.0818 e. The average Bonchev–Trinajstić information content (AvgIpc) is 2.07. The van der Waals surface area contributed by atoms with Gasteiger partial charge in [0.05, 0.1) is 5.60 Å². The molecule has 1 unspecified atom stereocenters. The van der Waals surface area contributed by atoms with Gasteiger partial charge in [-0.15, -0.1) is 0 Å². The van der Waals surface area contributed by atoms with E-state index in [0.29, 0.717) is 0 Å². The Morgan fingerprint density at radius 2 is 2.42 bits per heavy atom. The summed E-state index contributed by atoms with van der Waals surface area (Å²) >= 11 is 0. The van der Waals surface area contributed by atoms with Gasteiger partial charge in [0, 0.05) is 13.2 Å².